The van der Waals surface area contributed by atoms with E-state index in [9.17, 15) is 13.2 Å². The molecule has 100 valence electrons. The molecule has 0 aliphatic heterocycles. The molecule has 2 rings (SSSR count). The Kier molecular flexibility index (Phi) is 4.30. The third-order valence-electron chi connectivity index (χ3n) is 2.94. The lowest BCUT2D eigenvalue weighted by molar-refractivity contribution is 0.507. The van der Waals surface area contributed by atoms with E-state index >= 15 is 0 Å². The van der Waals surface area contributed by atoms with Crippen molar-refractivity contribution in [1.82, 2.24) is 0 Å². The Morgan fingerprint density at radius 3 is 2.26 bits per heavy atom. The van der Waals surface area contributed by atoms with Gasteiger partial charge < -0.3 is 0 Å². The highest BCUT2D eigenvalue weighted by atomic mass is 79.9. The maximum atomic E-state index is 13.2. The molecule has 2 aromatic carbocycles. The van der Waals surface area contributed by atoms with E-state index in [1.807, 2.05) is 0 Å². The minimum atomic E-state index is -0.854. The molecule has 19 heavy (non-hydrogen) atoms. The van der Waals surface area contributed by atoms with Gasteiger partial charge >= 0.3 is 0 Å². The van der Waals surface area contributed by atoms with Gasteiger partial charge in [-0.15, -0.1) is 0 Å². The summed E-state index contributed by atoms with van der Waals surface area (Å²) in [5.74, 6) is -1.96. The van der Waals surface area contributed by atoms with Crippen molar-refractivity contribution in [3.63, 3.8) is 0 Å². The van der Waals surface area contributed by atoms with Crippen molar-refractivity contribution in [2.75, 3.05) is 0 Å². The number of hydrogen-bond acceptors (Lipinski definition) is 0. The molecular weight excluding hydrogens is 317 g/mol. The van der Waals surface area contributed by atoms with Crippen molar-refractivity contribution in [3.8, 4) is 0 Å². The standard InChI is InChI=1S/C15H12BrF3/c1-9-6-11(3-5-13(9)17)12(16)7-10-2-4-14(18)15(19)8-10/h2-6,8,12H,7H2,1H3. The fourth-order valence-corrected chi connectivity index (χ4v) is 2.51. The summed E-state index contributed by atoms with van der Waals surface area (Å²) in [6.45, 7) is 1.69. The molecule has 4 heteroatoms. The largest absolute Gasteiger partial charge is 0.207 e. The van der Waals surface area contributed by atoms with Gasteiger partial charge in [-0.25, -0.2) is 13.2 Å². The van der Waals surface area contributed by atoms with Gasteiger partial charge in [0.25, 0.3) is 0 Å². The highest BCUT2D eigenvalue weighted by Gasteiger charge is 2.11. The molecule has 0 aliphatic rings. The minimum absolute atomic E-state index is 0.0725. The van der Waals surface area contributed by atoms with Crippen LogP contribution in [0.25, 0.3) is 0 Å². The molecule has 0 N–H and O–H groups in total. The summed E-state index contributed by atoms with van der Waals surface area (Å²) in [5, 5.41) is 0. The quantitative estimate of drug-likeness (QED) is 0.688. The van der Waals surface area contributed by atoms with E-state index < -0.39 is 11.6 Å². The summed E-state index contributed by atoms with van der Waals surface area (Å²) in [6.07, 6.45) is 0.502. The Balaban J connectivity index is 2.17. The SMILES string of the molecule is Cc1cc(C(Br)Cc2ccc(F)c(F)c2)ccc1F. The van der Waals surface area contributed by atoms with Crippen LogP contribution in [0.2, 0.25) is 0 Å². The first kappa shape index (κ1) is 14.1. The molecule has 0 aliphatic carbocycles. The molecule has 0 amide bonds. The van der Waals surface area contributed by atoms with Crippen molar-refractivity contribution < 1.29 is 13.2 Å². The van der Waals surface area contributed by atoms with Gasteiger partial charge in [-0.05, 0) is 48.2 Å². The van der Waals surface area contributed by atoms with Crippen LogP contribution in [0, 0.1) is 24.4 Å². The molecule has 2 aromatic rings. The predicted molar refractivity (Wildman–Crippen MR) is 72.9 cm³/mol. The van der Waals surface area contributed by atoms with E-state index in [2.05, 4.69) is 15.9 Å². The number of aryl methyl sites for hydroxylation is 1. The van der Waals surface area contributed by atoms with Crippen LogP contribution in [0.15, 0.2) is 36.4 Å². The predicted octanol–water partition coefficient (Wildman–Crippen LogP) is 5.09. The first-order valence-electron chi connectivity index (χ1n) is 5.81. The number of benzene rings is 2. The molecular formula is C15H12BrF3. The van der Waals surface area contributed by atoms with Gasteiger partial charge in [0.05, 0.1) is 0 Å². The lowest BCUT2D eigenvalue weighted by Crippen LogP contribution is -1.98. The first-order chi connectivity index (χ1) is 8.97. The van der Waals surface area contributed by atoms with Gasteiger partial charge in [-0.3, -0.25) is 0 Å². The van der Waals surface area contributed by atoms with Crippen molar-refractivity contribution in [2.45, 2.75) is 18.2 Å². The normalized spacial score (nSPS) is 12.5. The van der Waals surface area contributed by atoms with Gasteiger partial charge in [-0.2, -0.15) is 0 Å². The molecule has 0 nitrogen and oxygen atoms in total. The number of rotatable bonds is 3. The average Bonchev–Trinajstić information content (AvgIpc) is 2.37. The first-order valence-corrected chi connectivity index (χ1v) is 6.73. The van der Waals surface area contributed by atoms with Gasteiger partial charge in [-0.1, -0.05) is 34.1 Å². The van der Waals surface area contributed by atoms with Crippen LogP contribution < -0.4 is 0 Å². The van der Waals surface area contributed by atoms with Crippen molar-refractivity contribution in [2.24, 2.45) is 0 Å². The third kappa shape index (κ3) is 3.38. The van der Waals surface area contributed by atoms with Crippen LogP contribution in [0.3, 0.4) is 0 Å². The molecule has 0 radical (unpaired) electrons. The topological polar surface area (TPSA) is 0 Å². The summed E-state index contributed by atoms with van der Waals surface area (Å²) in [7, 11) is 0. The van der Waals surface area contributed by atoms with E-state index in [-0.39, 0.29) is 10.6 Å². The summed E-state index contributed by atoms with van der Waals surface area (Å²) in [6, 6.07) is 8.67. The second kappa shape index (κ2) is 5.78. The van der Waals surface area contributed by atoms with Crippen molar-refractivity contribution in [1.29, 1.82) is 0 Å². The van der Waals surface area contributed by atoms with Crippen molar-refractivity contribution >= 4 is 15.9 Å². The lowest BCUT2D eigenvalue weighted by atomic mass is 10.0. The Morgan fingerprint density at radius 1 is 0.947 bits per heavy atom. The van der Waals surface area contributed by atoms with Crippen LogP contribution in [-0.2, 0) is 6.42 Å². The second-order valence-electron chi connectivity index (χ2n) is 4.43. The van der Waals surface area contributed by atoms with E-state index in [0.29, 0.717) is 17.5 Å². The maximum absolute atomic E-state index is 13.2. The Morgan fingerprint density at radius 2 is 1.63 bits per heavy atom. The second-order valence-corrected chi connectivity index (χ2v) is 5.53. The molecule has 0 heterocycles. The fraction of sp³-hybridized carbons (Fsp3) is 0.200. The Hall–Kier alpha value is -1.29. The Bertz CT molecular complexity index is 596. The monoisotopic (exact) mass is 328 g/mol. The summed E-state index contributed by atoms with van der Waals surface area (Å²) in [5.41, 5.74) is 2.15. The van der Waals surface area contributed by atoms with Gasteiger partial charge in [0.15, 0.2) is 11.6 Å². The fourth-order valence-electron chi connectivity index (χ4n) is 1.85. The minimum Gasteiger partial charge on any atom is -0.207 e. The van der Waals surface area contributed by atoms with Gasteiger partial charge in [0, 0.05) is 4.83 Å². The molecule has 1 atom stereocenters. The number of alkyl halides is 1. The highest BCUT2D eigenvalue weighted by molar-refractivity contribution is 9.09. The molecule has 0 bridgehead atoms. The molecule has 0 fully saturated rings. The summed E-state index contributed by atoms with van der Waals surface area (Å²) < 4.78 is 39.1. The van der Waals surface area contributed by atoms with E-state index in [1.165, 1.54) is 12.1 Å². The summed E-state index contributed by atoms with van der Waals surface area (Å²) in [4.78, 5) is -0.0725. The highest BCUT2D eigenvalue weighted by Crippen LogP contribution is 2.28. The van der Waals surface area contributed by atoms with Crippen LogP contribution in [0.5, 0.6) is 0 Å². The van der Waals surface area contributed by atoms with Crippen LogP contribution in [0.4, 0.5) is 13.2 Å². The maximum Gasteiger partial charge on any atom is 0.159 e. The van der Waals surface area contributed by atoms with Gasteiger partial charge in [0.1, 0.15) is 5.82 Å². The zero-order valence-corrected chi connectivity index (χ0v) is 11.8. The molecule has 0 spiro atoms. The van der Waals surface area contributed by atoms with Crippen LogP contribution in [0.1, 0.15) is 21.5 Å². The lowest BCUT2D eigenvalue weighted by Gasteiger charge is -2.11. The van der Waals surface area contributed by atoms with Crippen molar-refractivity contribution in [3.05, 3.63) is 70.5 Å². The third-order valence-corrected chi connectivity index (χ3v) is 3.80. The van der Waals surface area contributed by atoms with E-state index in [4.69, 9.17) is 0 Å². The smallest absolute Gasteiger partial charge is 0.159 e. The van der Waals surface area contributed by atoms with Crippen LogP contribution in [-0.4, -0.2) is 0 Å². The zero-order chi connectivity index (χ0) is 14.0. The molecule has 0 saturated heterocycles. The Labute approximate surface area is 118 Å². The van der Waals surface area contributed by atoms with E-state index in [0.717, 1.165) is 11.6 Å². The molecule has 0 saturated carbocycles. The molecule has 0 aromatic heterocycles. The molecule has 1 unspecified atom stereocenters. The van der Waals surface area contributed by atoms with Gasteiger partial charge in [0.2, 0.25) is 0 Å². The van der Waals surface area contributed by atoms with Crippen LogP contribution >= 0.6 is 15.9 Å². The van der Waals surface area contributed by atoms with E-state index in [1.54, 1.807) is 25.1 Å². The number of hydrogen-bond donors (Lipinski definition) is 0. The average molecular weight is 329 g/mol. The number of halogens is 4. The zero-order valence-electron chi connectivity index (χ0n) is 10.3. The summed E-state index contributed by atoms with van der Waals surface area (Å²) >= 11 is 3.49.